The van der Waals surface area contributed by atoms with E-state index in [1.54, 1.807) is 0 Å². The second kappa shape index (κ2) is 6.60. The van der Waals surface area contributed by atoms with Crippen LogP contribution in [0.4, 0.5) is 0 Å². The summed E-state index contributed by atoms with van der Waals surface area (Å²) in [5.41, 5.74) is 0. The lowest BCUT2D eigenvalue weighted by molar-refractivity contribution is -0.142. The summed E-state index contributed by atoms with van der Waals surface area (Å²) in [7, 11) is 0. The molecule has 1 N–H and O–H groups in total. The second-order valence-corrected chi connectivity index (χ2v) is 3.49. The number of carbonyl (C=O) groups is 1. The van der Waals surface area contributed by atoms with Gasteiger partial charge in [-0.3, -0.25) is 4.79 Å². The van der Waals surface area contributed by atoms with Gasteiger partial charge in [0.1, 0.15) is 0 Å². The first-order valence-electron chi connectivity index (χ1n) is 5.38. The summed E-state index contributed by atoms with van der Waals surface area (Å²) in [4.78, 5) is 11.0. The van der Waals surface area contributed by atoms with Crippen LogP contribution in [0.3, 0.4) is 0 Å². The van der Waals surface area contributed by atoms with Crippen molar-refractivity contribution in [3.63, 3.8) is 0 Å². The molecule has 1 unspecified atom stereocenters. The van der Waals surface area contributed by atoms with Crippen LogP contribution in [0.5, 0.6) is 0 Å². The second-order valence-electron chi connectivity index (χ2n) is 3.49. The molecule has 1 saturated heterocycles. The SMILES string of the molecule is CCOC(=O)C/C=C/C1CCCCN1. The molecular weight excluding hydrogens is 178 g/mol. The highest BCUT2D eigenvalue weighted by Gasteiger charge is 2.08. The van der Waals surface area contributed by atoms with Crippen LogP contribution in [-0.4, -0.2) is 25.2 Å². The molecule has 14 heavy (non-hydrogen) atoms. The van der Waals surface area contributed by atoms with E-state index >= 15 is 0 Å². The third-order valence-electron chi connectivity index (χ3n) is 2.31. The summed E-state index contributed by atoms with van der Waals surface area (Å²) in [5, 5.41) is 3.39. The van der Waals surface area contributed by atoms with Gasteiger partial charge in [-0.25, -0.2) is 0 Å². The van der Waals surface area contributed by atoms with Gasteiger partial charge >= 0.3 is 5.97 Å². The Morgan fingerprint density at radius 3 is 3.07 bits per heavy atom. The molecule has 1 aliphatic rings. The highest BCUT2D eigenvalue weighted by molar-refractivity contribution is 5.71. The Labute approximate surface area is 85.5 Å². The molecule has 1 fully saturated rings. The van der Waals surface area contributed by atoms with E-state index in [0.29, 0.717) is 19.1 Å². The predicted octanol–water partition coefficient (Wildman–Crippen LogP) is 1.64. The molecule has 0 aromatic carbocycles. The maximum absolute atomic E-state index is 11.0. The van der Waals surface area contributed by atoms with Crippen molar-refractivity contribution >= 4 is 5.97 Å². The molecule has 3 nitrogen and oxygen atoms in total. The van der Waals surface area contributed by atoms with Gasteiger partial charge in [-0.15, -0.1) is 0 Å². The third-order valence-corrected chi connectivity index (χ3v) is 2.31. The topological polar surface area (TPSA) is 38.3 Å². The summed E-state index contributed by atoms with van der Waals surface area (Å²) in [6.45, 7) is 3.38. The molecular formula is C11H19NO2. The molecule has 1 atom stereocenters. The maximum Gasteiger partial charge on any atom is 0.309 e. The fraction of sp³-hybridized carbons (Fsp3) is 0.727. The van der Waals surface area contributed by atoms with Crippen LogP contribution >= 0.6 is 0 Å². The molecule has 0 spiro atoms. The van der Waals surface area contributed by atoms with Crippen LogP contribution in [-0.2, 0) is 9.53 Å². The van der Waals surface area contributed by atoms with Gasteiger partial charge in [0.2, 0.25) is 0 Å². The van der Waals surface area contributed by atoms with E-state index in [1.807, 2.05) is 13.0 Å². The van der Waals surface area contributed by atoms with Gasteiger partial charge in [0.25, 0.3) is 0 Å². The fourth-order valence-corrected chi connectivity index (χ4v) is 1.59. The van der Waals surface area contributed by atoms with Crippen LogP contribution < -0.4 is 5.32 Å². The summed E-state index contributed by atoms with van der Waals surface area (Å²) < 4.78 is 4.82. The smallest absolute Gasteiger partial charge is 0.309 e. The van der Waals surface area contributed by atoms with Crippen LogP contribution in [0.25, 0.3) is 0 Å². The number of hydrogen-bond acceptors (Lipinski definition) is 3. The molecule has 3 heteroatoms. The van der Waals surface area contributed by atoms with E-state index in [1.165, 1.54) is 19.3 Å². The van der Waals surface area contributed by atoms with E-state index in [4.69, 9.17) is 4.74 Å². The monoisotopic (exact) mass is 197 g/mol. The van der Waals surface area contributed by atoms with Gasteiger partial charge in [-0.1, -0.05) is 18.6 Å². The lowest BCUT2D eigenvalue weighted by Crippen LogP contribution is -2.32. The average molecular weight is 197 g/mol. The van der Waals surface area contributed by atoms with E-state index in [0.717, 1.165) is 6.54 Å². The third kappa shape index (κ3) is 4.42. The van der Waals surface area contributed by atoms with E-state index in [9.17, 15) is 4.79 Å². The zero-order chi connectivity index (χ0) is 10.2. The number of hydrogen-bond donors (Lipinski definition) is 1. The summed E-state index contributed by atoms with van der Waals surface area (Å²) in [5.74, 6) is -0.139. The first-order chi connectivity index (χ1) is 6.83. The molecule has 1 aliphatic heterocycles. The molecule has 0 radical (unpaired) electrons. The standard InChI is InChI=1S/C11H19NO2/c1-2-14-11(13)8-5-7-10-6-3-4-9-12-10/h5,7,10,12H,2-4,6,8-9H2,1H3/b7-5+. The minimum absolute atomic E-state index is 0.139. The van der Waals surface area contributed by atoms with Crippen molar-refractivity contribution in [2.75, 3.05) is 13.2 Å². The summed E-state index contributed by atoms with van der Waals surface area (Å²) in [6.07, 6.45) is 8.10. The largest absolute Gasteiger partial charge is 0.466 e. The quantitative estimate of drug-likeness (QED) is 0.550. The molecule has 0 amide bonds. The fourth-order valence-electron chi connectivity index (χ4n) is 1.59. The number of ether oxygens (including phenoxy) is 1. The van der Waals surface area contributed by atoms with Crippen molar-refractivity contribution < 1.29 is 9.53 Å². The Morgan fingerprint density at radius 2 is 2.43 bits per heavy atom. The first-order valence-corrected chi connectivity index (χ1v) is 5.38. The number of piperidine rings is 1. The zero-order valence-corrected chi connectivity index (χ0v) is 8.79. The molecule has 0 aromatic rings. The van der Waals surface area contributed by atoms with E-state index in [-0.39, 0.29) is 5.97 Å². The lowest BCUT2D eigenvalue weighted by Gasteiger charge is -2.19. The average Bonchev–Trinajstić information content (AvgIpc) is 2.20. The molecule has 1 rings (SSSR count). The number of esters is 1. The summed E-state index contributed by atoms with van der Waals surface area (Å²) in [6, 6.07) is 0.457. The van der Waals surface area contributed by atoms with Crippen molar-refractivity contribution in [2.45, 2.75) is 38.6 Å². The zero-order valence-electron chi connectivity index (χ0n) is 8.79. The van der Waals surface area contributed by atoms with Gasteiger partial charge in [-0.05, 0) is 26.3 Å². The molecule has 0 bridgehead atoms. The number of rotatable bonds is 4. The van der Waals surface area contributed by atoms with Crippen LogP contribution in [0.1, 0.15) is 32.6 Å². The minimum Gasteiger partial charge on any atom is -0.466 e. The van der Waals surface area contributed by atoms with Gasteiger partial charge < -0.3 is 10.1 Å². The highest BCUT2D eigenvalue weighted by atomic mass is 16.5. The van der Waals surface area contributed by atoms with Gasteiger partial charge in [-0.2, -0.15) is 0 Å². The molecule has 1 heterocycles. The first kappa shape index (κ1) is 11.2. The van der Waals surface area contributed by atoms with Gasteiger partial charge in [0.15, 0.2) is 0 Å². The molecule has 0 aromatic heterocycles. The van der Waals surface area contributed by atoms with Crippen molar-refractivity contribution in [1.29, 1.82) is 0 Å². The van der Waals surface area contributed by atoms with Crippen molar-refractivity contribution in [1.82, 2.24) is 5.32 Å². The molecule has 80 valence electrons. The number of carbonyl (C=O) groups excluding carboxylic acids is 1. The van der Waals surface area contributed by atoms with Crippen LogP contribution in [0.2, 0.25) is 0 Å². The van der Waals surface area contributed by atoms with Crippen molar-refractivity contribution in [3.8, 4) is 0 Å². The predicted molar refractivity (Wildman–Crippen MR) is 56.0 cm³/mol. The van der Waals surface area contributed by atoms with E-state index in [2.05, 4.69) is 11.4 Å². The van der Waals surface area contributed by atoms with Gasteiger partial charge in [0, 0.05) is 6.04 Å². The lowest BCUT2D eigenvalue weighted by atomic mass is 10.0. The Balaban J connectivity index is 2.15. The van der Waals surface area contributed by atoms with Crippen molar-refractivity contribution in [2.24, 2.45) is 0 Å². The normalized spacial score (nSPS) is 22.5. The number of nitrogens with one attached hydrogen (secondary N) is 1. The van der Waals surface area contributed by atoms with E-state index < -0.39 is 0 Å². The van der Waals surface area contributed by atoms with Crippen LogP contribution in [0.15, 0.2) is 12.2 Å². The maximum atomic E-state index is 11.0. The molecule has 0 saturated carbocycles. The Morgan fingerprint density at radius 1 is 1.57 bits per heavy atom. The molecule has 0 aliphatic carbocycles. The Kier molecular flexibility index (Phi) is 5.30. The summed E-state index contributed by atoms with van der Waals surface area (Å²) >= 11 is 0. The van der Waals surface area contributed by atoms with Crippen LogP contribution in [0, 0.1) is 0 Å². The minimum atomic E-state index is -0.139. The Bertz CT molecular complexity index is 195. The Hall–Kier alpha value is -0.830. The van der Waals surface area contributed by atoms with Crippen molar-refractivity contribution in [3.05, 3.63) is 12.2 Å². The van der Waals surface area contributed by atoms with Gasteiger partial charge in [0.05, 0.1) is 13.0 Å². The highest BCUT2D eigenvalue weighted by Crippen LogP contribution is 2.08.